The molecule has 1 aromatic rings. The maximum absolute atomic E-state index is 12.4. The van der Waals surface area contributed by atoms with Gasteiger partial charge in [-0.3, -0.25) is 4.79 Å². The monoisotopic (exact) mass is 341 g/mol. The Hall–Kier alpha value is -1.64. The van der Waals surface area contributed by atoms with Crippen molar-refractivity contribution in [2.24, 2.45) is 0 Å². The Morgan fingerprint density at radius 3 is 2.65 bits per heavy atom. The third-order valence-corrected chi connectivity index (χ3v) is 5.16. The summed E-state index contributed by atoms with van der Waals surface area (Å²) in [5.74, 6) is -0.297. The highest BCUT2D eigenvalue weighted by Gasteiger charge is 2.25. The van der Waals surface area contributed by atoms with Crippen LogP contribution in [-0.2, 0) is 19.6 Å². The van der Waals surface area contributed by atoms with E-state index in [9.17, 15) is 13.2 Å². The summed E-state index contributed by atoms with van der Waals surface area (Å²) in [6.45, 7) is 1.40. The summed E-state index contributed by atoms with van der Waals surface area (Å²) < 4.78 is 30.9. The van der Waals surface area contributed by atoms with Crippen molar-refractivity contribution in [3.05, 3.63) is 24.3 Å². The van der Waals surface area contributed by atoms with Crippen molar-refractivity contribution in [2.45, 2.75) is 6.42 Å². The minimum Gasteiger partial charge on any atom is -0.385 e. The summed E-state index contributed by atoms with van der Waals surface area (Å²) in [5.41, 5.74) is 1.78. The molecule has 0 aromatic heterocycles. The zero-order chi connectivity index (χ0) is 16.9. The average Bonchev–Trinajstić information content (AvgIpc) is 2.53. The van der Waals surface area contributed by atoms with E-state index in [0.717, 1.165) is 11.4 Å². The van der Waals surface area contributed by atoms with Crippen molar-refractivity contribution >= 4 is 27.3 Å². The molecule has 7 nitrogen and oxygen atoms in total. The molecule has 0 atom stereocenters. The number of nitrogens with zero attached hydrogens (tertiary/aromatic N) is 2. The number of carbonyl (C=O) groups excluding carboxylic acids is 1. The quantitative estimate of drug-likeness (QED) is 0.728. The highest BCUT2D eigenvalue weighted by atomic mass is 32.2. The fraction of sp³-hybridized carbons (Fsp3) is 0.533. The number of anilines is 2. The van der Waals surface area contributed by atoms with Crippen molar-refractivity contribution in [1.82, 2.24) is 4.72 Å². The summed E-state index contributed by atoms with van der Waals surface area (Å²) in [7, 11) is 0.0300. The summed E-state index contributed by atoms with van der Waals surface area (Å²) >= 11 is 0. The molecule has 23 heavy (non-hydrogen) atoms. The van der Waals surface area contributed by atoms with Crippen LogP contribution in [0.25, 0.3) is 0 Å². The fourth-order valence-corrected chi connectivity index (χ4v) is 3.48. The Morgan fingerprint density at radius 2 is 1.96 bits per heavy atom. The molecule has 1 N–H and O–H groups in total. The highest BCUT2D eigenvalue weighted by Crippen LogP contribution is 2.31. The minimum atomic E-state index is -3.46. The van der Waals surface area contributed by atoms with E-state index >= 15 is 0 Å². The zero-order valence-corrected chi connectivity index (χ0v) is 14.3. The lowest BCUT2D eigenvalue weighted by molar-refractivity contribution is -0.117. The van der Waals surface area contributed by atoms with E-state index in [1.807, 2.05) is 31.3 Å². The summed E-state index contributed by atoms with van der Waals surface area (Å²) in [5, 5.41) is 0. The van der Waals surface area contributed by atoms with Crippen LogP contribution in [0.3, 0.4) is 0 Å². The molecule has 0 fully saturated rings. The Morgan fingerprint density at radius 1 is 1.26 bits per heavy atom. The first-order chi connectivity index (χ1) is 10.9. The van der Waals surface area contributed by atoms with Gasteiger partial charge in [0, 0.05) is 33.9 Å². The Labute approximate surface area is 137 Å². The van der Waals surface area contributed by atoms with Gasteiger partial charge in [0.2, 0.25) is 15.9 Å². The third-order valence-electron chi connectivity index (χ3n) is 3.75. The number of amides is 1. The van der Waals surface area contributed by atoms with Crippen LogP contribution in [0.5, 0.6) is 0 Å². The molecule has 0 saturated heterocycles. The molecule has 1 aromatic carbocycles. The van der Waals surface area contributed by atoms with Gasteiger partial charge in [-0.1, -0.05) is 12.1 Å². The first kappa shape index (κ1) is 17.7. The number of nitrogens with one attached hydrogen (secondary N) is 1. The van der Waals surface area contributed by atoms with E-state index in [0.29, 0.717) is 26.1 Å². The van der Waals surface area contributed by atoms with E-state index in [4.69, 9.17) is 4.74 Å². The maximum atomic E-state index is 12.4. The smallest absolute Gasteiger partial charge is 0.242 e. The van der Waals surface area contributed by atoms with Crippen LogP contribution in [0.15, 0.2) is 24.3 Å². The topological polar surface area (TPSA) is 78.9 Å². The number of para-hydroxylation sites is 2. The van der Waals surface area contributed by atoms with Gasteiger partial charge in [-0.25, -0.2) is 13.1 Å². The van der Waals surface area contributed by atoms with Crippen LogP contribution in [0, 0.1) is 0 Å². The van der Waals surface area contributed by atoms with Gasteiger partial charge in [-0.15, -0.1) is 0 Å². The molecule has 1 amide bonds. The number of fused-ring (bicyclic) bond motifs is 1. The second kappa shape index (κ2) is 7.76. The lowest BCUT2D eigenvalue weighted by Crippen LogP contribution is -2.47. The number of benzene rings is 1. The predicted molar refractivity (Wildman–Crippen MR) is 90.3 cm³/mol. The number of carbonyl (C=O) groups is 1. The maximum Gasteiger partial charge on any atom is 0.242 e. The van der Waals surface area contributed by atoms with E-state index in [-0.39, 0.29) is 18.2 Å². The molecule has 0 aliphatic carbocycles. The van der Waals surface area contributed by atoms with Crippen LogP contribution < -0.4 is 14.5 Å². The molecular formula is C15H23N3O4S. The Balaban J connectivity index is 1.98. The Kier molecular flexibility index (Phi) is 5.97. The van der Waals surface area contributed by atoms with Gasteiger partial charge in [0.25, 0.3) is 0 Å². The van der Waals surface area contributed by atoms with Crippen molar-refractivity contribution in [3.8, 4) is 0 Å². The second-order valence-corrected chi connectivity index (χ2v) is 7.37. The minimum absolute atomic E-state index is 0.0482. The summed E-state index contributed by atoms with van der Waals surface area (Å²) in [6.07, 6.45) is 0.400. The summed E-state index contributed by atoms with van der Waals surface area (Å²) in [6, 6.07) is 7.61. The van der Waals surface area contributed by atoms with Gasteiger partial charge in [-0.2, -0.15) is 0 Å². The van der Waals surface area contributed by atoms with Crippen LogP contribution in [0.2, 0.25) is 0 Å². The van der Waals surface area contributed by atoms with Crippen molar-refractivity contribution in [2.75, 3.05) is 56.0 Å². The van der Waals surface area contributed by atoms with Gasteiger partial charge in [0.15, 0.2) is 0 Å². The molecule has 0 radical (unpaired) electrons. The predicted octanol–water partition coefficient (Wildman–Crippen LogP) is 0.425. The second-order valence-electron chi connectivity index (χ2n) is 5.44. The molecule has 128 valence electrons. The lowest BCUT2D eigenvalue weighted by atomic mass is 10.1. The number of hydrogen-bond donors (Lipinski definition) is 1. The molecule has 0 spiro atoms. The van der Waals surface area contributed by atoms with Crippen LogP contribution in [0.4, 0.5) is 11.4 Å². The normalized spacial score (nSPS) is 14.7. The highest BCUT2D eigenvalue weighted by molar-refractivity contribution is 7.89. The van der Waals surface area contributed by atoms with Crippen LogP contribution in [0.1, 0.15) is 6.42 Å². The third kappa shape index (κ3) is 4.66. The van der Waals surface area contributed by atoms with Gasteiger partial charge >= 0.3 is 0 Å². The average molecular weight is 341 g/mol. The number of hydrogen-bond acceptors (Lipinski definition) is 5. The molecule has 0 saturated carbocycles. The summed E-state index contributed by atoms with van der Waals surface area (Å²) in [4.78, 5) is 16.1. The molecule has 1 heterocycles. The first-order valence-corrected chi connectivity index (χ1v) is 9.16. The van der Waals surface area contributed by atoms with Crippen LogP contribution in [-0.4, -0.2) is 60.5 Å². The van der Waals surface area contributed by atoms with Crippen molar-refractivity contribution in [1.29, 1.82) is 0 Å². The van der Waals surface area contributed by atoms with Crippen molar-refractivity contribution < 1.29 is 17.9 Å². The number of likely N-dealkylation sites (N-methyl/N-ethyl adjacent to an activating group) is 1. The molecule has 8 heteroatoms. The van der Waals surface area contributed by atoms with E-state index in [1.54, 1.807) is 4.90 Å². The van der Waals surface area contributed by atoms with E-state index in [2.05, 4.69) is 9.62 Å². The molecule has 1 aliphatic rings. The van der Waals surface area contributed by atoms with Gasteiger partial charge < -0.3 is 14.5 Å². The van der Waals surface area contributed by atoms with E-state index in [1.165, 1.54) is 7.11 Å². The van der Waals surface area contributed by atoms with E-state index < -0.39 is 10.0 Å². The van der Waals surface area contributed by atoms with Gasteiger partial charge in [-0.05, 0) is 18.6 Å². The number of sulfonamides is 1. The Bertz CT molecular complexity index is 648. The van der Waals surface area contributed by atoms with Gasteiger partial charge in [0.05, 0.1) is 23.7 Å². The molecule has 0 unspecified atom stereocenters. The fourth-order valence-electron chi connectivity index (χ4n) is 2.50. The van der Waals surface area contributed by atoms with Gasteiger partial charge in [0.1, 0.15) is 0 Å². The van der Waals surface area contributed by atoms with Crippen LogP contribution >= 0.6 is 0 Å². The number of methoxy groups -OCH3 is 1. The number of rotatable bonds is 7. The molecule has 2 rings (SSSR count). The lowest BCUT2D eigenvalue weighted by Gasteiger charge is -2.35. The standard InChI is InChI=1S/C15H23N3O4S/c1-17-8-9-18(14-7-4-3-6-13(14)17)15(19)12-16-23(20,21)11-5-10-22-2/h3-4,6-7,16H,5,8-12H2,1-2H3. The molecule has 1 aliphatic heterocycles. The molecular weight excluding hydrogens is 318 g/mol. The number of ether oxygens (including phenoxy) is 1. The van der Waals surface area contributed by atoms with Crippen molar-refractivity contribution in [3.63, 3.8) is 0 Å². The largest absolute Gasteiger partial charge is 0.385 e. The molecule has 0 bridgehead atoms. The SMILES string of the molecule is COCCCS(=O)(=O)NCC(=O)N1CCN(C)c2ccccc21. The first-order valence-electron chi connectivity index (χ1n) is 7.51. The zero-order valence-electron chi connectivity index (χ0n) is 13.5.